The highest BCUT2D eigenvalue weighted by Gasteiger charge is 2.60. The fourth-order valence-corrected chi connectivity index (χ4v) is 5.79. The molecule has 4 fully saturated rings. The molecule has 4 aliphatic carbocycles. The average Bonchev–Trinajstić information content (AvgIpc) is 2.34. The molecule has 1 amide bonds. The second-order valence-corrected chi connectivity index (χ2v) is 8.30. The van der Waals surface area contributed by atoms with Gasteiger partial charge in [0, 0.05) is 5.69 Å². The van der Waals surface area contributed by atoms with Crippen molar-refractivity contribution in [2.45, 2.75) is 58.0 Å². The topological polar surface area (TPSA) is 49.3 Å². The summed E-state index contributed by atoms with van der Waals surface area (Å²) in [6.45, 7) is 4.10. The second-order valence-electron chi connectivity index (χ2n) is 8.30. The lowest BCUT2D eigenvalue weighted by molar-refractivity contribution is -0.174. The first-order valence-corrected chi connectivity index (χ1v) is 8.48. The number of nitrogens with one attached hydrogen (secondary N) is 1. The summed E-state index contributed by atoms with van der Waals surface area (Å²) in [6, 6.07) is 6.17. The van der Waals surface area contributed by atoms with Gasteiger partial charge in [0.2, 0.25) is 5.91 Å². The number of hydrogen-bond donors (Lipinski definition) is 2. The summed E-state index contributed by atoms with van der Waals surface area (Å²) in [7, 11) is 0. The summed E-state index contributed by atoms with van der Waals surface area (Å²) in [6.07, 6.45) is 5.60. The van der Waals surface area contributed by atoms with Crippen molar-refractivity contribution in [3.63, 3.8) is 0 Å². The molecule has 2 unspecified atom stereocenters. The van der Waals surface area contributed by atoms with E-state index in [0.717, 1.165) is 31.4 Å². The zero-order chi connectivity index (χ0) is 15.5. The Morgan fingerprint density at radius 1 is 1.09 bits per heavy atom. The molecule has 0 aliphatic heterocycles. The van der Waals surface area contributed by atoms with E-state index in [4.69, 9.17) is 0 Å². The summed E-state index contributed by atoms with van der Waals surface area (Å²) in [5, 5.41) is 13.9. The SMILES string of the molecule is Cc1cc(C)cc(NC(=O)C23C[C@@H]4C[C@@H](CC(O)(C4)C2)C3)c1. The maximum atomic E-state index is 13.0. The van der Waals surface area contributed by atoms with E-state index in [-0.39, 0.29) is 11.3 Å². The Bertz CT molecular complexity index is 602. The summed E-state index contributed by atoms with van der Waals surface area (Å²) in [5.74, 6) is 1.21. The quantitative estimate of drug-likeness (QED) is 0.877. The van der Waals surface area contributed by atoms with Crippen LogP contribution in [0.15, 0.2) is 18.2 Å². The molecule has 5 rings (SSSR count). The number of benzene rings is 1. The fourth-order valence-electron chi connectivity index (χ4n) is 5.79. The molecule has 0 aromatic heterocycles. The molecule has 0 radical (unpaired) electrons. The summed E-state index contributed by atoms with van der Waals surface area (Å²) >= 11 is 0. The van der Waals surface area contributed by atoms with E-state index in [1.54, 1.807) is 0 Å². The van der Waals surface area contributed by atoms with Crippen LogP contribution in [0.3, 0.4) is 0 Å². The predicted octanol–water partition coefficient (Wildman–Crippen LogP) is 3.57. The van der Waals surface area contributed by atoms with Crippen molar-refractivity contribution < 1.29 is 9.90 Å². The number of aliphatic hydroxyl groups is 1. The molecule has 22 heavy (non-hydrogen) atoms. The standard InChI is InChI=1S/C19H25NO2/c1-12-3-13(2)5-16(4-12)20-17(21)18-7-14-6-15(8-18)10-19(22,9-14)11-18/h3-5,14-15,22H,6-11H2,1-2H3,(H,20,21)/t14-,15+,18?,19?. The minimum absolute atomic E-state index is 0.130. The van der Waals surface area contributed by atoms with Gasteiger partial charge in [-0.05, 0) is 87.5 Å². The van der Waals surface area contributed by atoms with Gasteiger partial charge in [-0.2, -0.15) is 0 Å². The lowest BCUT2D eigenvalue weighted by Gasteiger charge is -2.59. The third kappa shape index (κ3) is 2.26. The zero-order valence-corrected chi connectivity index (χ0v) is 13.5. The molecule has 1 aromatic rings. The highest BCUT2D eigenvalue weighted by Crippen LogP contribution is 2.61. The average molecular weight is 299 g/mol. The van der Waals surface area contributed by atoms with Crippen molar-refractivity contribution in [3.05, 3.63) is 29.3 Å². The molecular weight excluding hydrogens is 274 g/mol. The minimum Gasteiger partial charge on any atom is -0.390 e. The van der Waals surface area contributed by atoms with E-state index in [1.807, 2.05) is 12.1 Å². The third-order valence-electron chi connectivity index (χ3n) is 5.99. The molecule has 118 valence electrons. The number of hydrogen-bond acceptors (Lipinski definition) is 2. The largest absolute Gasteiger partial charge is 0.390 e. The van der Waals surface area contributed by atoms with Crippen molar-refractivity contribution in [1.29, 1.82) is 0 Å². The Morgan fingerprint density at radius 2 is 1.68 bits per heavy atom. The lowest BCUT2D eigenvalue weighted by Crippen LogP contribution is -2.59. The van der Waals surface area contributed by atoms with Crippen LogP contribution in [0, 0.1) is 31.1 Å². The van der Waals surface area contributed by atoms with Crippen LogP contribution in [-0.4, -0.2) is 16.6 Å². The second kappa shape index (κ2) is 4.58. The normalized spacial score (nSPS) is 39.0. The van der Waals surface area contributed by atoms with Gasteiger partial charge in [-0.15, -0.1) is 0 Å². The van der Waals surface area contributed by atoms with Crippen molar-refractivity contribution in [2.75, 3.05) is 5.32 Å². The number of anilines is 1. The van der Waals surface area contributed by atoms with Crippen molar-refractivity contribution >= 4 is 11.6 Å². The van der Waals surface area contributed by atoms with Crippen LogP contribution in [0.25, 0.3) is 0 Å². The Labute approximate surface area is 132 Å². The first-order chi connectivity index (χ1) is 10.4. The predicted molar refractivity (Wildman–Crippen MR) is 86.6 cm³/mol. The van der Waals surface area contributed by atoms with E-state index >= 15 is 0 Å². The molecule has 4 bridgehead atoms. The third-order valence-corrected chi connectivity index (χ3v) is 5.99. The Kier molecular flexibility index (Phi) is 2.96. The van der Waals surface area contributed by atoms with E-state index in [9.17, 15) is 9.90 Å². The Balaban J connectivity index is 1.60. The first-order valence-electron chi connectivity index (χ1n) is 8.48. The molecule has 0 heterocycles. The van der Waals surface area contributed by atoms with Gasteiger partial charge >= 0.3 is 0 Å². The van der Waals surface area contributed by atoms with Gasteiger partial charge in [-0.25, -0.2) is 0 Å². The summed E-state index contributed by atoms with van der Waals surface area (Å²) in [4.78, 5) is 13.0. The molecule has 4 saturated carbocycles. The molecule has 0 spiro atoms. The van der Waals surface area contributed by atoms with Crippen LogP contribution in [0.5, 0.6) is 0 Å². The van der Waals surface area contributed by atoms with Crippen LogP contribution >= 0.6 is 0 Å². The van der Waals surface area contributed by atoms with Crippen LogP contribution < -0.4 is 5.32 Å². The first kappa shape index (κ1) is 14.3. The van der Waals surface area contributed by atoms with Crippen LogP contribution in [0.2, 0.25) is 0 Å². The number of carbonyl (C=O) groups is 1. The van der Waals surface area contributed by atoms with Gasteiger partial charge in [0.25, 0.3) is 0 Å². The molecule has 4 aliphatic rings. The molecular formula is C19H25NO2. The monoisotopic (exact) mass is 299 g/mol. The molecule has 4 atom stereocenters. The Morgan fingerprint density at radius 3 is 2.23 bits per heavy atom. The minimum atomic E-state index is -0.579. The van der Waals surface area contributed by atoms with Crippen LogP contribution in [0.1, 0.15) is 49.7 Å². The van der Waals surface area contributed by atoms with Gasteiger partial charge in [0.1, 0.15) is 0 Å². The molecule has 2 N–H and O–H groups in total. The van der Waals surface area contributed by atoms with E-state index < -0.39 is 5.60 Å². The molecule has 1 aromatic carbocycles. The van der Waals surface area contributed by atoms with E-state index in [2.05, 4.69) is 25.2 Å². The number of rotatable bonds is 2. The highest BCUT2D eigenvalue weighted by molar-refractivity contribution is 5.96. The number of amides is 1. The fraction of sp³-hybridized carbons (Fsp3) is 0.632. The smallest absolute Gasteiger partial charge is 0.230 e. The van der Waals surface area contributed by atoms with E-state index in [0.29, 0.717) is 18.3 Å². The maximum absolute atomic E-state index is 13.0. The van der Waals surface area contributed by atoms with Gasteiger partial charge < -0.3 is 10.4 Å². The molecule has 3 heteroatoms. The summed E-state index contributed by atoms with van der Waals surface area (Å²) in [5.41, 5.74) is 2.31. The van der Waals surface area contributed by atoms with Gasteiger partial charge in [0.15, 0.2) is 0 Å². The van der Waals surface area contributed by atoms with Gasteiger partial charge in [0.05, 0.1) is 11.0 Å². The lowest BCUT2D eigenvalue weighted by atomic mass is 9.47. The van der Waals surface area contributed by atoms with Crippen molar-refractivity contribution in [1.82, 2.24) is 0 Å². The van der Waals surface area contributed by atoms with Gasteiger partial charge in [-0.3, -0.25) is 4.79 Å². The number of aryl methyl sites for hydroxylation is 2. The van der Waals surface area contributed by atoms with Crippen molar-refractivity contribution in [3.8, 4) is 0 Å². The van der Waals surface area contributed by atoms with Crippen LogP contribution in [0.4, 0.5) is 5.69 Å². The highest BCUT2D eigenvalue weighted by atomic mass is 16.3. The molecule has 3 nitrogen and oxygen atoms in total. The molecule has 0 saturated heterocycles. The maximum Gasteiger partial charge on any atom is 0.230 e. The zero-order valence-electron chi connectivity index (χ0n) is 13.5. The summed E-state index contributed by atoms with van der Waals surface area (Å²) < 4.78 is 0. The van der Waals surface area contributed by atoms with Crippen LogP contribution in [-0.2, 0) is 4.79 Å². The Hall–Kier alpha value is -1.35. The van der Waals surface area contributed by atoms with Crippen molar-refractivity contribution in [2.24, 2.45) is 17.3 Å². The van der Waals surface area contributed by atoms with Gasteiger partial charge in [-0.1, -0.05) is 6.07 Å². The van der Waals surface area contributed by atoms with E-state index in [1.165, 1.54) is 17.5 Å². The number of carbonyl (C=O) groups excluding carboxylic acids is 1.